The third-order valence-electron chi connectivity index (χ3n) is 8.30. The van der Waals surface area contributed by atoms with E-state index in [0.29, 0.717) is 5.54 Å². The van der Waals surface area contributed by atoms with Gasteiger partial charge in [0.05, 0.1) is 0 Å². The van der Waals surface area contributed by atoms with E-state index in [4.69, 9.17) is 0 Å². The van der Waals surface area contributed by atoms with Crippen LogP contribution in [0.25, 0.3) is 0 Å². The fourth-order valence-corrected chi connectivity index (χ4v) is 11.4. The normalized spacial score (nSPS) is 15.2. The van der Waals surface area contributed by atoms with Crippen LogP contribution in [0.5, 0.6) is 0 Å². The first-order valence-electron chi connectivity index (χ1n) is 14.8. The summed E-state index contributed by atoms with van der Waals surface area (Å²) < 4.78 is 0. The predicted molar refractivity (Wildman–Crippen MR) is 166 cm³/mol. The van der Waals surface area contributed by atoms with E-state index in [1.807, 2.05) is 0 Å². The van der Waals surface area contributed by atoms with Crippen molar-refractivity contribution >= 4 is 23.6 Å². The summed E-state index contributed by atoms with van der Waals surface area (Å²) in [6.07, 6.45) is 18.1. The molecule has 1 unspecified atom stereocenters. The second-order valence-corrected chi connectivity index (χ2v) is 15.0. The Balaban J connectivity index is 1.88. The lowest BCUT2D eigenvalue weighted by atomic mass is 10.1. The number of aryl methyl sites for hydroxylation is 3. The molecule has 0 fully saturated rings. The maximum absolute atomic E-state index is 2.49. The Morgan fingerprint density at radius 3 is 1.16 bits per heavy atom. The van der Waals surface area contributed by atoms with E-state index >= 15 is 0 Å². The molecule has 1 heteroatoms. The van der Waals surface area contributed by atoms with E-state index in [2.05, 4.69) is 119 Å². The summed E-state index contributed by atoms with van der Waals surface area (Å²) in [5, 5.41) is 4.58. The van der Waals surface area contributed by atoms with Crippen LogP contribution in [0.4, 0.5) is 0 Å². The van der Waals surface area contributed by atoms with E-state index in [-0.39, 0.29) is 0 Å². The van der Waals surface area contributed by atoms with Gasteiger partial charge in [0.2, 0.25) is 0 Å². The number of hydrogen-bond acceptors (Lipinski definition) is 0. The van der Waals surface area contributed by atoms with Crippen LogP contribution < -0.4 is 15.6 Å². The zero-order valence-corrected chi connectivity index (χ0v) is 24.6. The molecule has 0 aromatic heterocycles. The van der Waals surface area contributed by atoms with Gasteiger partial charge in [-0.2, -0.15) is 0 Å². The Kier molecular flexibility index (Phi) is 9.80. The Hall–Kier alpha value is -2.64. The molecule has 0 radical (unpaired) electrons. The Morgan fingerprint density at radius 2 is 0.892 bits per heavy atom. The van der Waals surface area contributed by atoms with Gasteiger partial charge < -0.3 is 0 Å². The fraction of sp³-hybridized carbons (Fsp3) is 0.389. The summed E-state index contributed by atoms with van der Waals surface area (Å²) in [6, 6.07) is 29.3. The van der Waals surface area contributed by atoms with Crippen LogP contribution in [0.2, 0.25) is 5.54 Å². The molecule has 0 saturated carbocycles. The SMILES string of the molecule is CCCCc1ccc([Si](c2ccc(CCCC)cc2)(c2ccc(CCCC)cc2)C2C=CC=C2C)cc1. The molecule has 4 rings (SSSR count). The fourth-order valence-electron chi connectivity index (χ4n) is 6.04. The van der Waals surface area contributed by atoms with Crippen molar-refractivity contribution in [1.29, 1.82) is 0 Å². The minimum atomic E-state index is -2.37. The van der Waals surface area contributed by atoms with Gasteiger partial charge in [-0.15, -0.1) is 0 Å². The molecule has 1 aliphatic carbocycles. The van der Waals surface area contributed by atoms with Gasteiger partial charge in [-0.1, -0.05) is 137 Å². The lowest BCUT2D eigenvalue weighted by Gasteiger charge is -2.39. The van der Waals surface area contributed by atoms with Crippen LogP contribution in [0.3, 0.4) is 0 Å². The Morgan fingerprint density at radius 1 is 0.541 bits per heavy atom. The first kappa shape index (κ1) is 27.4. The highest BCUT2D eigenvalue weighted by molar-refractivity contribution is 7.13. The average Bonchev–Trinajstić information content (AvgIpc) is 3.38. The summed E-state index contributed by atoms with van der Waals surface area (Å²) in [4.78, 5) is 0. The quantitative estimate of drug-likeness (QED) is 0.162. The first-order chi connectivity index (χ1) is 18.1. The van der Waals surface area contributed by atoms with Crippen LogP contribution in [0.15, 0.2) is 96.6 Å². The van der Waals surface area contributed by atoms with E-state index < -0.39 is 8.07 Å². The van der Waals surface area contributed by atoms with Crippen molar-refractivity contribution in [2.75, 3.05) is 0 Å². The third kappa shape index (κ3) is 6.09. The van der Waals surface area contributed by atoms with E-state index in [1.165, 1.54) is 95.6 Å². The standard InChI is InChI=1S/C36H46Si/c1-5-8-13-30-17-23-33(24-18-30)37(36-16-11-12-29(36)4,34-25-19-31(20-26-34)14-9-6-2)35-27-21-32(22-28-35)15-10-7-3/h11-12,16-28,36H,5-10,13-15H2,1-4H3. The van der Waals surface area contributed by atoms with Crippen LogP contribution >= 0.6 is 0 Å². The summed E-state index contributed by atoms with van der Waals surface area (Å²) >= 11 is 0. The first-order valence-corrected chi connectivity index (χ1v) is 16.8. The summed E-state index contributed by atoms with van der Waals surface area (Å²) in [5.41, 5.74) is 6.32. The Labute approximate surface area is 227 Å². The lowest BCUT2D eigenvalue weighted by molar-refractivity contribution is 0.795. The van der Waals surface area contributed by atoms with Gasteiger partial charge in [0.15, 0.2) is 8.07 Å². The summed E-state index contributed by atoms with van der Waals surface area (Å²) in [5.74, 6) is 0. The number of hydrogen-bond donors (Lipinski definition) is 0. The molecule has 194 valence electrons. The molecule has 0 saturated heterocycles. The molecule has 0 heterocycles. The van der Waals surface area contributed by atoms with Crippen molar-refractivity contribution in [3.8, 4) is 0 Å². The van der Waals surface area contributed by atoms with Crippen molar-refractivity contribution < 1.29 is 0 Å². The number of rotatable bonds is 13. The molecular formula is C36H46Si. The second kappa shape index (κ2) is 13.2. The van der Waals surface area contributed by atoms with Crippen LogP contribution in [-0.4, -0.2) is 8.07 Å². The molecule has 0 nitrogen and oxygen atoms in total. The molecule has 3 aromatic rings. The minimum Gasteiger partial charge on any atom is -0.0791 e. The van der Waals surface area contributed by atoms with E-state index in [1.54, 1.807) is 0 Å². The van der Waals surface area contributed by atoms with Crippen molar-refractivity contribution in [1.82, 2.24) is 0 Å². The molecular weight excluding hydrogens is 460 g/mol. The van der Waals surface area contributed by atoms with Gasteiger partial charge in [0, 0.05) is 5.54 Å². The maximum Gasteiger partial charge on any atom is 0.158 e. The van der Waals surface area contributed by atoms with Gasteiger partial charge in [-0.3, -0.25) is 0 Å². The minimum absolute atomic E-state index is 0.428. The summed E-state index contributed by atoms with van der Waals surface area (Å²) in [7, 11) is -2.37. The highest BCUT2D eigenvalue weighted by Crippen LogP contribution is 2.35. The van der Waals surface area contributed by atoms with Crippen molar-refractivity contribution in [3.05, 3.63) is 113 Å². The van der Waals surface area contributed by atoms with Gasteiger partial charge in [0.25, 0.3) is 0 Å². The Bertz CT molecular complexity index is 1040. The molecule has 0 aliphatic heterocycles. The third-order valence-corrected chi connectivity index (χ3v) is 13.6. The zero-order valence-electron chi connectivity index (χ0n) is 23.6. The number of unbranched alkanes of at least 4 members (excludes halogenated alkanes) is 3. The highest BCUT2D eigenvalue weighted by atomic mass is 28.3. The van der Waals surface area contributed by atoms with Crippen LogP contribution in [-0.2, 0) is 19.3 Å². The molecule has 0 spiro atoms. The van der Waals surface area contributed by atoms with E-state index in [0.717, 1.165) is 0 Å². The van der Waals surface area contributed by atoms with E-state index in [9.17, 15) is 0 Å². The van der Waals surface area contributed by atoms with Crippen LogP contribution in [0, 0.1) is 0 Å². The smallest absolute Gasteiger partial charge is 0.0791 e. The topological polar surface area (TPSA) is 0 Å². The molecule has 1 atom stereocenters. The predicted octanol–water partition coefficient (Wildman–Crippen LogP) is 8.07. The monoisotopic (exact) mass is 506 g/mol. The molecule has 1 aliphatic rings. The molecule has 0 bridgehead atoms. The second-order valence-electron chi connectivity index (χ2n) is 11.0. The maximum atomic E-state index is 2.49. The van der Waals surface area contributed by atoms with Crippen molar-refractivity contribution in [2.24, 2.45) is 0 Å². The summed E-state index contributed by atoms with van der Waals surface area (Å²) in [6.45, 7) is 9.18. The number of allylic oxidation sites excluding steroid dienone is 4. The largest absolute Gasteiger partial charge is 0.158 e. The lowest BCUT2D eigenvalue weighted by Crippen LogP contribution is -2.69. The zero-order chi connectivity index (χ0) is 26.1. The van der Waals surface area contributed by atoms with Gasteiger partial charge >= 0.3 is 0 Å². The molecule has 3 aromatic carbocycles. The molecule has 0 N–H and O–H groups in total. The highest BCUT2D eigenvalue weighted by Gasteiger charge is 2.46. The molecule has 37 heavy (non-hydrogen) atoms. The van der Waals surface area contributed by atoms with Gasteiger partial charge in [0.1, 0.15) is 0 Å². The average molecular weight is 507 g/mol. The van der Waals surface area contributed by atoms with Crippen molar-refractivity contribution in [3.63, 3.8) is 0 Å². The van der Waals surface area contributed by atoms with Crippen molar-refractivity contribution in [2.45, 2.75) is 91.0 Å². The molecule has 0 amide bonds. The van der Waals surface area contributed by atoms with Gasteiger partial charge in [-0.25, -0.2) is 0 Å². The number of benzene rings is 3. The van der Waals surface area contributed by atoms with Gasteiger partial charge in [-0.05, 0) is 77.7 Å². The van der Waals surface area contributed by atoms with Crippen LogP contribution in [0.1, 0.15) is 82.9 Å².